The fourth-order valence-electron chi connectivity index (χ4n) is 2.54. The number of halogens is 1. The lowest BCUT2D eigenvalue weighted by Crippen LogP contribution is -2.15. The van der Waals surface area contributed by atoms with E-state index in [1.54, 1.807) is 12.1 Å². The molecule has 1 aromatic carbocycles. The van der Waals surface area contributed by atoms with Gasteiger partial charge < -0.3 is 10.1 Å². The zero-order valence-electron chi connectivity index (χ0n) is 11.0. The average Bonchev–Trinajstić information content (AvgIpc) is 2.39. The minimum absolute atomic E-state index is 0.251. The molecule has 1 saturated carbocycles. The Morgan fingerprint density at radius 2 is 2.06 bits per heavy atom. The van der Waals surface area contributed by atoms with Crippen LogP contribution in [0.25, 0.3) is 0 Å². The summed E-state index contributed by atoms with van der Waals surface area (Å²) in [6.07, 6.45) is 6.36. The predicted molar refractivity (Wildman–Crippen MR) is 71.2 cm³/mol. The smallest absolute Gasteiger partial charge is 0.165 e. The molecule has 1 aromatic rings. The van der Waals surface area contributed by atoms with Crippen molar-refractivity contribution in [1.82, 2.24) is 5.32 Å². The molecule has 0 aliphatic heterocycles. The van der Waals surface area contributed by atoms with Crippen LogP contribution in [0.2, 0.25) is 0 Å². The molecule has 2 nitrogen and oxygen atoms in total. The van der Waals surface area contributed by atoms with Crippen LogP contribution in [0.1, 0.15) is 37.7 Å². The number of nitrogens with one attached hydrogen (secondary N) is 1. The lowest BCUT2D eigenvalue weighted by molar-refractivity contribution is 0.202. The molecule has 0 amide bonds. The Kier molecular flexibility index (Phi) is 5.00. The quantitative estimate of drug-likeness (QED) is 0.864. The third-order valence-corrected chi connectivity index (χ3v) is 3.58. The Morgan fingerprint density at radius 3 is 2.72 bits per heavy atom. The Bertz CT molecular complexity index is 375. The normalized spacial score (nSPS) is 16.8. The van der Waals surface area contributed by atoms with Gasteiger partial charge in [-0.15, -0.1) is 0 Å². The Balaban J connectivity index is 1.88. The summed E-state index contributed by atoms with van der Waals surface area (Å²) >= 11 is 0. The molecule has 0 heterocycles. The van der Waals surface area contributed by atoms with Crippen molar-refractivity contribution in [2.45, 2.75) is 38.6 Å². The second-order valence-corrected chi connectivity index (χ2v) is 5.11. The first-order valence-corrected chi connectivity index (χ1v) is 6.85. The molecular weight excluding hydrogens is 229 g/mol. The van der Waals surface area contributed by atoms with Crippen molar-refractivity contribution in [2.24, 2.45) is 5.92 Å². The molecule has 0 saturated heterocycles. The lowest BCUT2D eigenvalue weighted by atomic mass is 9.90. The van der Waals surface area contributed by atoms with Crippen LogP contribution in [0.3, 0.4) is 0 Å². The van der Waals surface area contributed by atoms with E-state index in [1.807, 2.05) is 13.1 Å². The van der Waals surface area contributed by atoms with Gasteiger partial charge in [0.25, 0.3) is 0 Å². The molecule has 0 atom stereocenters. The molecule has 18 heavy (non-hydrogen) atoms. The van der Waals surface area contributed by atoms with Gasteiger partial charge in [-0.3, -0.25) is 0 Å². The van der Waals surface area contributed by atoms with Crippen LogP contribution < -0.4 is 10.1 Å². The average molecular weight is 251 g/mol. The Morgan fingerprint density at radius 1 is 1.28 bits per heavy atom. The minimum Gasteiger partial charge on any atom is -0.490 e. The van der Waals surface area contributed by atoms with Crippen LogP contribution in [-0.4, -0.2) is 13.7 Å². The van der Waals surface area contributed by atoms with Crippen LogP contribution in [0.4, 0.5) is 4.39 Å². The van der Waals surface area contributed by atoms with Gasteiger partial charge in [0.1, 0.15) is 0 Å². The predicted octanol–water partition coefficient (Wildman–Crippen LogP) is 3.50. The standard InChI is InChI=1S/C15H22FNO/c1-17-10-13-7-8-15(14(16)9-13)18-11-12-5-3-2-4-6-12/h7-9,12,17H,2-6,10-11H2,1H3. The van der Waals surface area contributed by atoms with Crippen LogP contribution in [0.5, 0.6) is 5.75 Å². The van der Waals surface area contributed by atoms with Gasteiger partial charge >= 0.3 is 0 Å². The summed E-state index contributed by atoms with van der Waals surface area (Å²) in [7, 11) is 1.85. The van der Waals surface area contributed by atoms with Gasteiger partial charge in [-0.25, -0.2) is 4.39 Å². The van der Waals surface area contributed by atoms with Crippen LogP contribution >= 0.6 is 0 Å². The zero-order chi connectivity index (χ0) is 12.8. The minimum atomic E-state index is -0.251. The van der Waals surface area contributed by atoms with Gasteiger partial charge in [0.15, 0.2) is 11.6 Å². The van der Waals surface area contributed by atoms with Gasteiger partial charge in [0.05, 0.1) is 6.61 Å². The first-order valence-electron chi connectivity index (χ1n) is 6.85. The summed E-state index contributed by atoms with van der Waals surface area (Å²) in [4.78, 5) is 0. The number of ether oxygens (including phenoxy) is 1. The molecule has 3 heteroatoms. The van der Waals surface area contributed by atoms with E-state index in [4.69, 9.17) is 4.74 Å². The van der Waals surface area contributed by atoms with Gasteiger partial charge in [0, 0.05) is 6.54 Å². The van der Waals surface area contributed by atoms with Crippen molar-refractivity contribution in [2.75, 3.05) is 13.7 Å². The first-order chi connectivity index (χ1) is 8.79. The van der Waals surface area contributed by atoms with Crippen molar-refractivity contribution in [3.05, 3.63) is 29.6 Å². The zero-order valence-corrected chi connectivity index (χ0v) is 11.0. The molecule has 100 valence electrons. The van der Waals surface area contributed by atoms with E-state index in [2.05, 4.69) is 5.32 Å². The molecule has 1 aliphatic carbocycles. The lowest BCUT2D eigenvalue weighted by Gasteiger charge is -2.21. The second-order valence-electron chi connectivity index (χ2n) is 5.11. The summed E-state index contributed by atoms with van der Waals surface area (Å²) < 4.78 is 19.4. The number of rotatable bonds is 5. The van der Waals surface area contributed by atoms with Crippen molar-refractivity contribution < 1.29 is 9.13 Å². The van der Waals surface area contributed by atoms with E-state index in [9.17, 15) is 4.39 Å². The fraction of sp³-hybridized carbons (Fsp3) is 0.600. The summed E-state index contributed by atoms with van der Waals surface area (Å²) in [5.74, 6) is 0.745. The van der Waals surface area contributed by atoms with E-state index >= 15 is 0 Å². The topological polar surface area (TPSA) is 21.3 Å². The van der Waals surface area contributed by atoms with E-state index in [0.29, 0.717) is 24.8 Å². The maximum atomic E-state index is 13.8. The molecular formula is C15H22FNO. The highest BCUT2D eigenvalue weighted by molar-refractivity contribution is 5.29. The largest absolute Gasteiger partial charge is 0.490 e. The Hall–Kier alpha value is -1.09. The van der Waals surface area contributed by atoms with E-state index in [0.717, 1.165) is 5.56 Å². The molecule has 0 spiro atoms. The molecule has 0 aromatic heterocycles. The summed E-state index contributed by atoms with van der Waals surface area (Å²) in [6, 6.07) is 5.20. The highest BCUT2D eigenvalue weighted by Crippen LogP contribution is 2.25. The highest BCUT2D eigenvalue weighted by atomic mass is 19.1. The summed E-state index contributed by atoms with van der Waals surface area (Å²) in [5.41, 5.74) is 0.944. The van der Waals surface area contributed by atoms with Gasteiger partial charge in [0.2, 0.25) is 0 Å². The van der Waals surface area contributed by atoms with Crippen molar-refractivity contribution in [3.8, 4) is 5.75 Å². The molecule has 2 rings (SSSR count). The van der Waals surface area contributed by atoms with Crippen LogP contribution in [-0.2, 0) is 6.54 Å². The fourth-order valence-corrected chi connectivity index (χ4v) is 2.54. The number of benzene rings is 1. The highest BCUT2D eigenvalue weighted by Gasteiger charge is 2.15. The first kappa shape index (κ1) is 13.3. The Labute approximate surface area is 109 Å². The molecule has 1 N–H and O–H groups in total. The van der Waals surface area contributed by atoms with Crippen LogP contribution in [0, 0.1) is 11.7 Å². The molecule has 1 aliphatic rings. The van der Waals surface area contributed by atoms with E-state index in [1.165, 1.54) is 32.1 Å². The maximum Gasteiger partial charge on any atom is 0.165 e. The van der Waals surface area contributed by atoms with Gasteiger partial charge in [-0.05, 0) is 43.5 Å². The molecule has 0 bridgehead atoms. The maximum absolute atomic E-state index is 13.8. The van der Waals surface area contributed by atoms with Crippen molar-refractivity contribution >= 4 is 0 Å². The van der Waals surface area contributed by atoms with Crippen LogP contribution in [0.15, 0.2) is 18.2 Å². The van der Waals surface area contributed by atoms with Gasteiger partial charge in [-0.1, -0.05) is 25.3 Å². The third kappa shape index (κ3) is 3.70. The monoisotopic (exact) mass is 251 g/mol. The summed E-state index contributed by atoms with van der Waals surface area (Å²) in [5, 5.41) is 3.01. The van der Waals surface area contributed by atoms with Crippen molar-refractivity contribution in [3.63, 3.8) is 0 Å². The number of hydrogen-bond donors (Lipinski definition) is 1. The third-order valence-electron chi connectivity index (χ3n) is 3.58. The molecule has 0 radical (unpaired) electrons. The number of hydrogen-bond acceptors (Lipinski definition) is 2. The molecule has 0 unspecified atom stereocenters. The van der Waals surface area contributed by atoms with Crippen molar-refractivity contribution in [1.29, 1.82) is 0 Å². The van der Waals surface area contributed by atoms with E-state index in [-0.39, 0.29) is 5.82 Å². The van der Waals surface area contributed by atoms with Gasteiger partial charge in [-0.2, -0.15) is 0 Å². The SMILES string of the molecule is CNCc1ccc(OCC2CCCCC2)c(F)c1. The van der Waals surface area contributed by atoms with E-state index < -0.39 is 0 Å². The molecule has 1 fully saturated rings. The second kappa shape index (κ2) is 6.74. The summed E-state index contributed by atoms with van der Waals surface area (Å²) in [6.45, 7) is 1.34.